The first kappa shape index (κ1) is 26.0. The molecule has 6 nitrogen and oxygen atoms in total. The van der Waals surface area contributed by atoms with Crippen molar-refractivity contribution in [1.29, 1.82) is 5.26 Å². The van der Waals surface area contributed by atoms with Gasteiger partial charge in [0.1, 0.15) is 5.75 Å². The minimum Gasteiger partial charge on any atom is -0.493 e. The van der Waals surface area contributed by atoms with Crippen molar-refractivity contribution in [3.05, 3.63) is 59.2 Å². The number of benzene rings is 2. The van der Waals surface area contributed by atoms with Gasteiger partial charge in [-0.3, -0.25) is 9.59 Å². The molecule has 12 heteroatoms. The zero-order chi connectivity index (χ0) is 27.7. The molecule has 3 aliphatic rings. The van der Waals surface area contributed by atoms with Gasteiger partial charge in [-0.05, 0) is 62.2 Å². The maximum absolute atomic E-state index is 13.5. The summed E-state index contributed by atoms with van der Waals surface area (Å²) in [5.74, 6) is -3.08. The highest BCUT2D eigenvalue weighted by Crippen LogP contribution is 2.62. The van der Waals surface area contributed by atoms with Crippen LogP contribution in [0.2, 0.25) is 0 Å². The number of alkyl halides is 6. The highest BCUT2D eigenvalue weighted by Gasteiger charge is 2.73. The molecule has 4 atom stereocenters. The van der Waals surface area contributed by atoms with Gasteiger partial charge < -0.3 is 9.47 Å². The average Bonchev–Trinajstić information content (AvgIpc) is 3.42. The third kappa shape index (κ3) is 4.00. The molecule has 200 valence electrons. The molecule has 2 amide bonds. The van der Waals surface area contributed by atoms with Gasteiger partial charge in [0.25, 0.3) is 0 Å². The van der Waals surface area contributed by atoms with E-state index in [0.29, 0.717) is 18.9 Å². The fourth-order valence-electron chi connectivity index (χ4n) is 5.95. The van der Waals surface area contributed by atoms with Gasteiger partial charge in [0.15, 0.2) is 0 Å². The Morgan fingerprint density at radius 3 is 2.26 bits per heavy atom. The second kappa shape index (κ2) is 8.46. The van der Waals surface area contributed by atoms with Crippen molar-refractivity contribution in [3.8, 4) is 11.8 Å². The van der Waals surface area contributed by atoms with Crippen LogP contribution in [0.4, 0.5) is 32.0 Å². The molecule has 0 spiro atoms. The minimum atomic E-state index is -4.87. The summed E-state index contributed by atoms with van der Waals surface area (Å²) in [7, 11) is 0. The maximum Gasteiger partial charge on any atom is 0.417 e. The summed E-state index contributed by atoms with van der Waals surface area (Å²) in [6.45, 7) is 1.66. The van der Waals surface area contributed by atoms with E-state index in [9.17, 15) is 35.9 Å². The number of nitriles is 1. The molecule has 3 aliphatic heterocycles. The number of hydrogen-bond donors (Lipinski definition) is 0. The Balaban J connectivity index is 1.39. The summed E-state index contributed by atoms with van der Waals surface area (Å²) < 4.78 is 90.7. The SMILES string of the molecule is C[C@]12CC[C@](CCOc3ccc(C(F)(F)F)cc3)(O1)[C@@H]1C(=O)N(c3ccc(C#N)c(C(F)(F)F)c3)C(=O)[C@@H]12. The van der Waals surface area contributed by atoms with E-state index in [2.05, 4.69) is 0 Å². The average molecular weight is 538 g/mol. The third-order valence-corrected chi connectivity index (χ3v) is 7.67. The molecular weight excluding hydrogens is 518 g/mol. The molecule has 5 rings (SSSR count). The quantitative estimate of drug-likeness (QED) is 0.372. The first-order valence-corrected chi connectivity index (χ1v) is 11.7. The highest BCUT2D eigenvalue weighted by atomic mass is 19.4. The summed E-state index contributed by atoms with van der Waals surface area (Å²) in [6.07, 6.45) is -8.39. The summed E-state index contributed by atoms with van der Waals surface area (Å²) in [4.78, 5) is 27.7. The lowest BCUT2D eigenvalue weighted by Crippen LogP contribution is -2.43. The number of imide groups is 1. The van der Waals surface area contributed by atoms with Crippen LogP contribution in [0, 0.1) is 23.2 Å². The standard InChI is InChI=1S/C26H20F6N2O4/c1-23-8-9-24(38-23,10-11-37-17-6-3-15(4-7-17)25(27,28)29)20-19(23)21(35)34(22(20)36)16-5-2-14(13-33)18(12-16)26(30,31)32/h2-7,12,19-20H,8-11H2,1H3/t19-,20+,23-,24-/m1/s1. The monoisotopic (exact) mass is 538 g/mol. The molecule has 2 aromatic rings. The zero-order valence-corrected chi connectivity index (χ0v) is 19.8. The van der Waals surface area contributed by atoms with Gasteiger partial charge in [0.2, 0.25) is 11.8 Å². The molecule has 3 fully saturated rings. The van der Waals surface area contributed by atoms with E-state index in [1.807, 2.05) is 0 Å². The van der Waals surface area contributed by atoms with Crippen LogP contribution in [0.3, 0.4) is 0 Å². The Kier molecular flexibility index (Phi) is 5.80. The van der Waals surface area contributed by atoms with Crippen LogP contribution in [0.1, 0.15) is 42.9 Å². The summed E-state index contributed by atoms with van der Waals surface area (Å²) in [6, 6.07) is 8.26. The fourth-order valence-corrected chi connectivity index (χ4v) is 5.95. The van der Waals surface area contributed by atoms with Gasteiger partial charge in [-0.1, -0.05) is 0 Å². The van der Waals surface area contributed by atoms with Crippen molar-refractivity contribution in [2.24, 2.45) is 11.8 Å². The van der Waals surface area contributed by atoms with Gasteiger partial charge in [0.05, 0.1) is 58.1 Å². The van der Waals surface area contributed by atoms with E-state index in [4.69, 9.17) is 14.7 Å². The van der Waals surface area contributed by atoms with E-state index in [-0.39, 0.29) is 24.5 Å². The first-order valence-electron chi connectivity index (χ1n) is 11.7. The number of anilines is 1. The molecule has 0 aromatic heterocycles. The lowest BCUT2D eigenvalue weighted by Gasteiger charge is -2.31. The van der Waals surface area contributed by atoms with Crippen molar-refractivity contribution in [2.45, 2.75) is 49.7 Å². The molecule has 3 saturated heterocycles. The lowest BCUT2D eigenvalue weighted by atomic mass is 9.67. The normalized spacial score (nSPS) is 28.5. The van der Waals surface area contributed by atoms with Crippen LogP contribution in [0.15, 0.2) is 42.5 Å². The smallest absolute Gasteiger partial charge is 0.417 e. The highest BCUT2D eigenvalue weighted by molar-refractivity contribution is 6.23. The second-order valence-corrected chi connectivity index (χ2v) is 9.91. The fraction of sp³-hybridized carbons (Fsp3) is 0.423. The molecule has 38 heavy (non-hydrogen) atoms. The Labute approximate surface area is 212 Å². The number of fused-ring (bicyclic) bond motifs is 5. The van der Waals surface area contributed by atoms with Gasteiger partial charge in [-0.25, -0.2) is 4.90 Å². The number of rotatable bonds is 5. The first-order chi connectivity index (χ1) is 17.7. The number of halogens is 6. The molecule has 0 aliphatic carbocycles. The van der Waals surface area contributed by atoms with Crippen LogP contribution in [0.25, 0.3) is 0 Å². The molecule has 2 aromatic carbocycles. The van der Waals surface area contributed by atoms with E-state index in [0.717, 1.165) is 29.2 Å². The number of ether oxygens (including phenoxy) is 2. The van der Waals surface area contributed by atoms with Crippen molar-refractivity contribution in [2.75, 3.05) is 11.5 Å². The summed E-state index contributed by atoms with van der Waals surface area (Å²) >= 11 is 0. The number of carbonyl (C=O) groups excluding carboxylic acids is 2. The zero-order valence-electron chi connectivity index (χ0n) is 19.8. The van der Waals surface area contributed by atoms with Gasteiger partial charge in [-0.15, -0.1) is 0 Å². The van der Waals surface area contributed by atoms with E-state index < -0.39 is 63.9 Å². The Hall–Kier alpha value is -3.59. The van der Waals surface area contributed by atoms with Gasteiger partial charge >= 0.3 is 12.4 Å². The lowest BCUT2D eigenvalue weighted by molar-refractivity contribution is -0.138. The Morgan fingerprint density at radius 1 is 1.00 bits per heavy atom. The minimum absolute atomic E-state index is 0.0266. The van der Waals surface area contributed by atoms with E-state index in [1.54, 1.807) is 6.92 Å². The van der Waals surface area contributed by atoms with E-state index >= 15 is 0 Å². The van der Waals surface area contributed by atoms with Gasteiger partial charge in [0, 0.05) is 6.42 Å². The predicted molar refractivity (Wildman–Crippen MR) is 119 cm³/mol. The third-order valence-electron chi connectivity index (χ3n) is 7.67. The molecule has 0 saturated carbocycles. The molecule has 0 radical (unpaired) electrons. The molecule has 0 N–H and O–H groups in total. The van der Waals surface area contributed by atoms with Crippen LogP contribution < -0.4 is 9.64 Å². The topological polar surface area (TPSA) is 79.6 Å². The number of nitrogens with zero attached hydrogens (tertiary/aromatic N) is 2. The largest absolute Gasteiger partial charge is 0.493 e. The van der Waals surface area contributed by atoms with Crippen LogP contribution >= 0.6 is 0 Å². The Morgan fingerprint density at radius 2 is 1.66 bits per heavy atom. The van der Waals surface area contributed by atoms with Gasteiger partial charge in [-0.2, -0.15) is 31.6 Å². The number of carbonyl (C=O) groups is 2. The Bertz CT molecular complexity index is 1350. The molecule has 3 heterocycles. The van der Waals surface area contributed by atoms with Crippen LogP contribution in [0.5, 0.6) is 5.75 Å². The van der Waals surface area contributed by atoms with Crippen LogP contribution in [-0.4, -0.2) is 29.6 Å². The maximum atomic E-state index is 13.5. The second-order valence-electron chi connectivity index (χ2n) is 9.91. The summed E-state index contributed by atoms with van der Waals surface area (Å²) in [5.41, 5.74) is -5.12. The van der Waals surface area contributed by atoms with Crippen LogP contribution in [-0.2, 0) is 26.7 Å². The predicted octanol–water partition coefficient (Wildman–Crippen LogP) is 5.49. The van der Waals surface area contributed by atoms with Crippen molar-refractivity contribution < 1.29 is 45.4 Å². The summed E-state index contributed by atoms with van der Waals surface area (Å²) in [5, 5.41) is 9.06. The molecule has 0 unspecified atom stereocenters. The van der Waals surface area contributed by atoms with Crippen molar-refractivity contribution in [1.82, 2.24) is 0 Å². The van der Waals surface area contributed by atoms with E-state index in [1.165, 1.54) is 18.2 Å². The van der Waals surface area contributed by atoms with Crippen molar-refractivity contribution >= 4 is 17.5 Å². The van der Waals surface area contributed by atoms with Crippen molar-refractivity contribution in [3.63, 3.8) is 0 Å². The number of hydrogen-bond acceptors (Lipinski definition) is 5. The molecular formula is C26H20F6N2O4. The number of amides is 2. The molecule has 2 bridgehead atoms.